The molecule has 1 unspecified atom stereocenters. The number of hydrogen-bond acceptors (Lipinski definition) is 2. The molecule has 2 N–H and O–H groups in total. The van der Waals surface area contributed by atoms with Gasteiger partial charge in [0, 0.05) is 6.04 Å². The Morgan fingerprint density at radius 2 is 1.82 bits per heavy atom. The van der Waals surface area contributed by atoms with E-state index < -0.39 is 5.60 Å². The quantitative estimate of drug-likeness (QED) is 0.794. The zero-order valence-electron chi connectivity index (χ0n) is 11.5. The fraction of sp³-hybridized carbons (Fsp3) is 0.600. The summed E-state index contributed by atoms with van der Waals surface area (Å²) < 4.78 is 0. The van der Waals surface area contributed by atoms with Gasteiger partial charge in [0.25, 0.3) is 0 Å². The fourth-order valence-electron chi connectivity index (χ4n) is 1.85. The second kappa shape index (κ2) is 6.18. The van der Waals surface area contributed by atoms with Crippen LogP contribution >= 0.6 is 0 Å². The number of benzene rings is 1. The predicted molar refractivity (Wildman–Crippen MR) is 73.1 cm³/mol. The van der Waals surface area contributed by atoms with Crippen molar-refractivity contribution in [1.29, 1.82) is 0 Å². The molecule has 1 aromatic carbocycles. The Kier molecular flexibility index (Phi) is 5.16. The van der Waals surface area contributed by atoms with E-state index in [9.17, 15) is 5.11 Å². The van der Waals surface area contributed by atoms with Crippen LogP contribution in [0, 0.1) is 0 Å². The summed E-state index contributed by atoms with van der Waals surface area (Å²) in [6.45, 7) is 9.09. The Morgan fingerprint density at radius 3 is 2.29 bits per heavy atom. The zero-order chi connectivity index (χ0) is 12.9. The van der Waals surface area contributed by atoms with Crippen molar-refractivity contribution in [2.45, 2.75) is 52.2 Å². The minimum atomic E-state index is -0.742. The molecule has 0 aliphatic rings. The first-order valence-electron chi connectivity index (χ1n) is 6.51. The van der Waals surface area contributed by atoms with E-state index >= 15 is 0 Å². The maximum atomic E-state index is 10.4. The minimum absolute atomic E-state index is 0.466. The Balaban J connectivity index is 2.61. The third-order valence-corrected chi connectivity index (χ3v) is 3.15. The van der Waals surface area contributed by atoms with E-state index in [4.69, 9.17) is 0 Å². The van der Waals surface area contributed by atoms with E-state index in [-0.39, 0.29) is 0 Å². The normalized spacial score (nSPS) is 14.9. The highest BCUT2D eigenvalue weighted by molar-refractivity contribution is 5.26. The van der Waals surface area contributed by atoms with Crippen LogP contribution in [-0.4, -0.2) is 17.7 Å². The monoisotopic (exact) mass is 235 g/mol. The molecule has 0 bridgehead atoms. The van der Waals surface area contributed by atoms with Crippen molar-refractivity contribution in [1.82, 2.24) is 5.32 Å². The van der Waals surface area contributed by atoms with Gasteiger partial charge in [-0.15, -0.1) is 0 Å². The molecule has 0 saturated carbocycles. The Bertz CT molecular complexity index is 327. The first-order valence-corrected chi connectivity index (χ1v) is 6.51. The average molecular weight is 235 g/mol. The van der Waals surface area contributed by atoms with Crippen LogP contribution in [0.1, 0.15) is 45.2 Å². The van der Waals surface area contributed by atoms with Crippen molar-refractivity contribution in [3.05, 3.63) is 35.4 Å². The molecule has 0 radical (unpaired) electrons. The molecule has 2 heteroatoms. The Labute approximate surface area is 105 Å². The molecule has 0 aliphatic heterocycles. The lowest BCUT2D eigenvalue weighted by molar-refractivity contribution is 0.0475. The summed E-state index contributed by atoms with van der Waals surface area (Å²) in [7, 11) is 0. The van der Waals surface area contributed by atoms with Gasteiger partial charge >= 0.3 is 0 Å². The van der Waals surface area contributed by atoms with Crippen LogP contribution in [0.3, 0.4) is 0 Å². The topological polar surface area (TPSA) is 32.3 Å². The summed E-state index contributed by atoms with van der Waals surface area (Å²) in [5, 5.41) is 13.8. The molecule has 0 spiro atoms. The van der Waals surface area contributed by atoms with Gasteiger partial charge in [-0.2, -0.15) is 0 Å². The molecule has 1 atom stereocenters. The molecular weight excluding hydrogens is 210 g/mol. The third kappa shape index (κ3) is 4.49. The van der Waals surface area contributed by atoms with Gasteiger partial charge in [0.15, 0.2) is 0 Å². The Hall–Kier alpha value is -0.860. The van der Waals surface area contributed by atoms with Gasteiger partial charge in [-0.3, -0.25) is 0 Å². The lowest BCUT2D eigenvalue weighted by atomic mass is 9.91. The number of aliphatic hydroxyl groups is 1. The average Bonchev–Trinajstić information content (AvgIpc) is 2.28. The van der Waals surface area contributed by atoms with Crippen LogP contribution in [0.5, 0.6) is 0 Å². The highest BCUT2D eigenvalue weighted by Crippen LogP contribution is 2.24. The lowest BCUT2D eigenvalue weighted by Crippen LogP contribution is -2.31. The molecule has 1 rings (SSSR count). The molecule has 96 valence electrons. The van der Waals surface area contributed by atoms with Crippen molar-refractivity contribution in [2.75, 3.05) is 6.54 Å². The highest BCUT2D eigenvalue weighted by atomic mass is 16.3. The maximum Gasteiger partial charge on any atom is 0.0880 e. The molecule has 0 heterocycles. The maximum absolute atomic E-state index is 10.4. The van der Waals surface area contributed by atoms with Crippen molar-refractivity contribution >= 4 is 0 Å². The van der Waals surface area contributed by atoms with E-state index in [1.54, 1.807) is 0 Å². The molecule has 0 amide bonds. The first kappa shape index (κ1) is 14.2. The molecule has 2 nitrogen and oxygen atoms in total. The predicted octanol–water partition coefficient (Wildman–Crippen LogP) is 2.84. The third-order valence-electron chi connectivity index (χ3n) is 3.15. The summed E-state index contributed by atoms with van der Waals surface area (Å²) in [6, 6.07) is 8.73. The van der Waals surface area contributed by atoms with Gasteiger partial charge in [0.2, 0.25) is 0 Å². The van der Waals surface area contributed by atoms with E-state index in [1.807, 2.05) is 19.1 Å². The van der Waals surface area contributed by atoms with E-state index in [2.05, 4.69) is 38.2 Å². The molecule has 0 aliphatic carbocycles. The van der Waals surface area contributed by atoms with Gasteiger partial charge < -0.3 is 10.4 Å². The second-order valence-electron chi connectivity index (χ2n) is 5.18. The van der Waals surface area contributed by atoms with Crippen molar-refractivity contribution in [3.63, 3.8) is 0 Å². The number of hydrogen-bond donors (Lipinski definition) is 2. The smallest absolute Gasteiger partial charge is 0.0880 e. The summed E-state index contributed by atoms with van der Waals surface area (Å²) in [6.07, 6.45) is 1.77. The molecular formula is C15H25NO. The van der Waals surface area contributed by atoms with Crippen LogP contribution in [0.15, 0.2) is 24.3 Å². The lowest BCUT2D eigenvalue weighted by Gasteiger charge is -2.25. The second-order valence-corrected chi connectivity index (χ2v) is 5.18. The van der Waals surface area contributed by atoms with Crippen molar-refractivity contribution < 1.29 is 5.11 Å². The van der Waals surface area contributed by atoms with Gasteiger partial charge in [-0.05, 0) is 37.4 Å². The molecule has 0 saturated heterocycles. The Morgan fingerprint density at radius 1 is 1.24 bits per heavy atom. The van der Waals surface area contributed by atoms with E-state index in [0.29, 0.717) is 6.04 Å². The van der Waals surface area contributed by atoms with E-state index in [0.717, 1.165) is 24.9 Å². The van der Waals surface area contributed by atoms with Crippen molar-refractivity contribution in [2.24, 2.45) is 0 Å². The van der Waals surface area contributed by atoms with Crippen LogP contribution in [0.4, 0.5) is 0 Å². The van der Waals surface area contributed by atoms with Crippen LogP contribution in [-0.2, 0) is 12.0 Å². The number of aryl methyl sites for hydroxylation is 1. The van der Waals surface area contributed by atoms with Gasteiger partial charge in [-0.1, -0.05) is 45.0 Å². The highest BCUT2D eigenvalue weighted by Gasteiger charge is 2.22. The summed E-state index contributed by atoms with van der Waals surface area (Å²) in [5.74, 6) is 0. The summed E-state index contributed by atoms with van der Waals surface area (Å²) in [4.78, 5) is 0. The number of rotatable bonds is 6. The van der Waals surface area contributed by atoms with Crippen LogP contribution < -0.4 is 5.32 Å². The molecule has 0 fully saturated rings. The standard InChI is InChI=1S/C15H25NO/c1-5-13-6-8-14(9-7-13)15(4,17)10-11-16-12(2)3/h6-9,12,16-17H,5,10-11H2,1-4H3. The van der Waals surface area contributed by atoms with Gasteiger partial charge in [0.05, 0.1) is 5.60 Å². The van der Waals surface area contributed by atoms with E-state index in [1.165, 1.54) is 5.56 Å². The minimum Gasteiger partial charge on any atom is -0.385 e. The summed E-state index contributed by atoms with van der Waals surface area (Å²) in [5.41, 5.74) is 1.57. The van der Waals surface area contributed by atoms with Crippen molar-refractivity contribution in [3.8, 4) is 0 Å². The number of nitrogens with one attached hydrogen (secondary N) is 1. The molecule has 1 aromatic rings. The SMILES string of the molecule is CCc1ccc(C(C)(O)CCNC(C)C)cc1. The van der Waals surface area contributed by atoms with Crippen LogP contribution in [0.2, 0.25) is 0 Å². The zero-order valence-corrected chi connectivity index (χ0v) is 11.5. The largest absolute Gasteiger partial charge is 0.385 e. The molecule has 0 aromatic heterocycles. The molecule has 17 heavy (non-hydrogen) atoms. The summed E-state index contributed by atoms with van der Waals surface area (Å²) >= 11 is 0. The fourth-order valence-corrected chi connectivity index (χ4v) is 1.85. The van der Waals surface area contributed by atoms with Crippen LogP contribution in [0.25, 0.3) is 0 Å². The van der Waals surface area contributed by atoms with Gasteiger partial charge in [-0.25, -0.2) is 0 Å². The first-order chi connectivity index (χ1) is 7.95. The van der Waals surface area contributed by atoms with Gasteiger partial charge in [0.1, 0.15) is 0 Å².